The largest absolute Gasteiger partial charge is 0.496 e. The first-order chi connectivity index (χ1) is 21.6. The number of hydrogen-bond donors (Lipinski definition) is 1. The summed E-state index contributed by atoms with van der Waals surface area (Å²) in [7, 11) is 3.20. The van der Waals surface area contributed by atoms with Crippen LogP contribution in [0.2, 0.25) is 0 Å². The molecular formula is C33H36I2N6O5. The molecule has 0 radical (unpaired) electrons. The highest BCUT2D eigenvalue weighted by molar-refractivity contribution is 14.1. The molecule has 0 spiro atoms. The molecule has 0 bridgehead atoms. The van der Waals surface area contributed by atoms with Gasteiger partial charge in [-0.2, -0.15) is 0 Å². The number of rotatable bonds is 9. The van der Waals surface area contributed by atoms with E-state index in [-0.39, 0.29) is 31.2 Å². The molecule has 0 saturated carbocycles. The number of benzene rings is 2. The molecule has 5 rings (SSSR count). The van der Waals surface area contributed by atoms with E-state index in [0.29, 0.717) is 41.4 Å². The van der Waals surface area contributed by atoms with Crippen LogP contribution in [0.3, 0.4) is 0 Å². The number of halogens is 2. The number of ether oxygens (including phenoxy) is 2. The fraction of sp³-hybridized carbons (Fsp3) is 0.242. The van der Waals surface area contributed by atoms with Gasteiger partial charge in [0.2, 0.25) is 17.5 Å². The third-order valence-electron chi connectivity index (χ3n) is 6.25. The molecule has 2 N–H and O–H groups in total. The highest BCUT2D eigenvalue weighted by atomic mass is 127. The second-order valence-corrected chi connectivity index (χ2v) is 11.5. The van der Waals surface area contributed by atoms with Gasteiger partial charge in [-0.15, -0.1) is 0 Å². The summed E-state index contributed by atoms with van der Waals surface area (Å²) < 4.78 is 13.9. The predicted molar refractivity (Wildman–Crippen MR) is 195 cm³/mol. The van der Waals surface area contributed by atoms with Crippen molar-refractivity contribution in [2.75, 3.05) is 20.0 Å². The molecule has 46 heavy (non-hydrogen) atoms. The molecule has 0 aliphatic carbocycles. The molecule has 0 atom stereocenters. The van der Waals surface area contributed by atoms with E-state index in [0.717, 1.165) is 24.3 Å². The lowest BCUT2D eigenvalue weighted by molar-refractivity contribution is -0.117. The van der Waals surface area contributed by atoms with Gasteiger partial charge in [0.15, 0.2) is 5.78 Å². The van der Waals surface area contributed by atoms with E-state index in [1.807, 2.05) is 25.3 Å². The molecule has 0 saturated heterocycles. The Balaban J connectivity index is 0.000000268. The Morgan fingerprint density at radius 2 is 1.41 bits per heavy atom. The zero-order valence-electron chi connectivity index (χ0n) is 25.2. The SMILES string of the molecule is C.CCC(=O)CC(=O)c1ccc(OC)c(I)c1.CCc1nc2ncccn2c1C(=O)c1ccc(OC)c(I)c1.Nc1ncccn1. The number of carbonyl (C=O) groups is 3. The van der Waals surface area contributed by atoms with Gasteiger partial charge in [-0.3, -0.25) is 18.8 Å². The monoisotopic (exact) mass is 850 g/mol. The number of anilines is 1. The van der Waals surface area contributed by atoms with Gasteiger partial charge >= 0.3 is 0 Å². The van der Waals surface area contributed by atoms with Crippen molar-refractivity contribution in [3.05, 3.63) is 103 Å². The van der Waals surface area contributed by atoms with Crippen LogP contribution in [0.5, 0.6) is 11.5 Å². The summed E-state index contributed by atoms with van der Waals surface area (Å²) in [5.74, 6) is 2.14. The van der Waals surface area contributed by atoms with Crippen molar-refractivity contribution in [1.29, 1.82) is 0 Å². The van der Waals surface area contributed by atoms with Crippen LogP contribution in [0.4, 0.5) is 5.95 Å². The number of aryl methyl sites for hydroxylation is 1. The Bertz CT molecular complexity index is 1780. The molecule has 0 unspecified atom stereocenters. The first-order valence-corrected chi connectivity index (χ1v) is 15.9. The Hall–Kier alpha value is -3.99. The maximum atomic E-state index is 12.9. The number of methoxy groups -OCH3 is 2. The topological polar surface area (TPSA) is 152 Å². The number of Topliss-reactive ketones (excluding diaryl/α,β-unsaturated/α-hetero) is 2. The highest BCUT2D eigenvalue weighted by Gasteiger charge is 2.21. The van der Waals surface area contributed by atoms with Crippen LogP contribution in [0.25, 0.3) is 5.78 Å². The quantitative estimate of drug-likeness (QED) is 0.0966. The molecule has 2 aromatic carbocycles. The van der Waals surface area contributed by atoms with E-state index in [1.165, 1.54) is 0 Å². The van der Waals surface area contributed by atoms with Crippen LogP contribution in [-0.2, 0) is 11.2 Å². The molecule has 242 valence electrons. The molecular weight excluding hydrogens is 814 g/mol. The van der Waals surface area contributed by atoms with Crippen molar-refractivity contribution in [3.8, 4) is 11.5 Å². The van der Waals surface area contributed by atoms with Gasteiger partial charge in [0, 0.05) is 42.3 Å². The van der Waals surface area contributed by atoms with Crippen LogP contribution < -0.4 is 15.2 Å². The first-order valence-electron chi connectivity index (χ1n) is 13.7. The van der Waals surface area contributed by atoms with Crippen LogP contribution in [0, 0.1) is 7.14 Å². The summed E-state index contributed by atoms with van der Waals surface area (Å²) in [5.41, 5.74) is 7.65. The van der Waals surface area contributed by atoms with Gasteiger partial charge in [0.1, 0.15) is 23.0 Å². The number of nitrogens with zero attached hydrogens (tertiary/aromatic N) is 5. The van der Waals surface area contributed by atoms with E-state index >= 15 is 0 Å². The average molecular weight is 850 g/mol. The van der Waals surface area contributed by atoms with Crippen LogP contribution >= 0.6 is 45.2 Å². The van der Waals surface area contributed by atoms with Crippen molar-refractivity contribution >= 4 is 74.3 Å². The number of ketones is 3. The fourth-order valence-corrected chi connectivity index (χ4v) is 5.39. The normalized spacial score (nSPS) is 9.96. The summed E-state index contributed by atoms with van der Waals surface area (Å²) in [6, 6.07) is 14.1. The minimum absolute atomic E-state index is 0. The smallest absolute Gasteiger partial charge is 0.234 e. The molecule has 11 nitrogen and oxygen atoms in total. The lowest BCUT2D eigenvalue weighted by atomic mass is 10.1. The van der Waals surface area contributed by atoms with Crippen molar-refractivity contribution < 1.29 is 23.9 Å². The van der Waals surface area contributed by atoms with Crippen molar-refractivity contribution in [2.24, 2.45) is 0 Å². The third kappa shape index (κ3) is 10.3. The summed E-state index contributed by atoms with van der Waals surface area (Å²) >= 11 is 4.26. The van der Waals surface area contributed by atoms with Crippen molar-refractivity contribution in [2.45, 2.75) is 40.5 Å². The maximum Gasteiger partial charge on any atom is 0.234 e. The number of hydrogen-bond acceptors (Lipinski definition) is 10. The Labute approximate surface area is 295 Å². The van der Waals surface area contributed by atoms with Gasteiger partial charge < -0.3 is 15.2 Å². The third-order valence-corrected chi connectivity index (χ3v) is 7.94. The molecule has 0 aliphatic heterocycles. The van der Waals surface area contributed by atoms with E-state index in [1.54, 1.807) is 80.5 Å². The molecule has 3 heterocycles. The fourth-order valence-electron chi connectivity index (χ4n) is 3.92. The molecule has 3 aromatic heterocycles. The molecule has 0 amide bonds. The number of nitrogen functional groups attached to an aromatic ring is 1. The highest BCUT2D eigenvalue weighted by Crippen LogP contribution is 2.25. The standard InChI is InChI=1S/C16H14IN3O2.C12H13IO3.C4H5N3.CH4/c1-3-12-14(20-8-4-7-18-16(20)19-12)15(21)10-5-6-13(22-2)11(17)9-10;1-3-9(14)7-11(15)8-4-5-12(16-2)10(13)6-8;5-4-6-2-1-3-7-4;/h4-9H,3H2,1-2H3;4-6H,3,7H2,1-2H3;1-3H,(H2,5,6,7);1H4. The first kappa shape index (κ1) is 38.2. The molecule has 5 aromatic rings. The second kappa shape index (κ2) is 18.9. The predicted octanol–water partition coefficient (Wildman–Crippen LogP) is 6.68. The lowest BCUT2D eigenvalue weighted by Crippen LogP contribution is -2.08. The average Bonchev–Trinajstić information content (AvgIpc) is 3.44. The van der Waals surface area contributed by atoms with Gasteiger partial charge in [0.25, 0.3) is 0 Å². The zero-order chi connectivity index (χ0) is 32.9. The van der Waals surface area contributed by atoms with Gasteiger partial charge in [-0.25, -0.2) is 19.9 Å². The van der Waals surface area contributed by atoms with Crippen LogP contribution in [0.15, 0.2) is 73.3 Å². The number of imidazole rings is 1. The van der Waals surface area contributed by atoms with Gasteiger partial charge in [-0.05, 0) is 100 Å². The maximum absolute atomic E-state index is 12.9. The van der Waals surface area contributed by atoms with Crippen LogP contribution in [-0.4, -0.2) is 55.9 Å². The lowest BCUT2D eigenvalue weighted by Gasteiger charge is -2.07. The molecule has 0 fully saturated rings. The van der Waals surface area contributed by atoms with Crippen LogP contribution in [0.1, 0.15) is 66.2 Å². The number of carbonyl (C=O) groups excluding carboxylic acids is 3. The number of fused-ring (bicyclic) bond motifs is 1. The van der Waals surface area contributed by atoms with E-state index in [9.17, 15) is 14.4 Å². The molecule has 0 aliphatic rings. The second-order valence-electron chi connectivity index (χ2n) is 9.18. The van der Waals surface area contributed by atoms with Gasteiger partial charge in [-0.1, -0.05) is 21.3 Å². The molecule has 13 heteroatoms. The Morgan fingerprint density at radius 1 is 0.848 bits per heavy atom. The Kier molecular flexibility index (Phi) is 15.7. The summed E-state index contributed by atoms with van der Waals surface area (Å²) in [6.45, 7) is 3.74. The van der Waals surface area contributed by atoms with E-state index in [4.69, 9.17) is 15.2 Å². The number of aromatic nitrogens is 5. The van der Waals surface area contributed by atoms with E-state index < -0.39 is 0 Å². The van der Waals surface area contributed by atoms with Gasteiger partial charge in [0.05, 0.1) is 33.5 Å². The number of nitrogens with two attached hydrogens (primary N) is 1. The van der Waals surface area contributed by atoms with Crippen molar-refractivity contribution in [3.63, 3.8) is 0 Å². The zero-order valence-corrected chi connectivity index (χ0v) is 29.5. The minimum Gasteiger partial charge on any atom is -0.496 e. The van der Waals surface area contributed by atoms with E-state index in [2.05, 4.69) is 65.1 Å². The van der Waals surface area contributed by atoms with Crippen molar-refractivity contribution in [1.82, 2.24) is 24.3 Å². The summed E-state index contributed by atoms with van der Waals surface area (Å²) in [6.07, 6.45) is 7.75. The summed E-state index contributed by atoms with van der Waals surface area (Å²) in [4.78, 5) is 51.7. The minimum atomic E-state index is -0.132. The Morgan fingerprint density at radius 3 is 1.91 bits per heavy atom. The summed E-state index contributed by atoms with van der Waals surface area (Å²) in [5, 5.41) is 0.